The molecule has 1 unspecified atom stereocenters. The number of carbonyl (C=O) groups is 1. The molecule has 0 bridgehead atoms. The Bertz CT molecular complexity index is 832. The van der Waals surface area contributed by atoms with Crippen molar-refractivity contribution in [2.45, 2.75) is 17.4 Å². The van der Waals surface area contributed by atoms with E-state index in [0.717, 1.165) is 0 Å². The van der Waals surface area contributed by atoms with Crippen molar-refractivity contribution < 1.29 is 27.8 Å². The lowest BCUT2D eigenvalue weighted by Crippen LogP contribution is -2.31. The first-order chi connectivity index (χ1) is 11.5. The molecule has 1 aromatic heterocycles. The monoisotopic (exact) mass is 369 g/mol. The first-order valence-electron chi connectivity index (χ1n) is 7.12. The van der Waals surface area contributed by atoms with E-state index in [-0.39, 0.29) is 23.7 Å². The second-order valence-corrected chi connectivity index (χ2v) is 7.57. The molecule has 3 rings (SSSR count). The second-order valence-electron chi connectivity index (χ2n) is 5.11. The maximum absolute atomic E-state index is 12.8. The summed E-state index contributed by atoms with van der Waals surface area (Å²) in [6.45, 7) is 0.600. The first kappa shape index (κ1) is 16.7. The number of ether oxygens (including phenoxy) is 2. The number of thiophene rings is 1. The van der Waals surface area contributed by atoms with E-state index >= 15 is 0 Å². The lowest BCUT2D eigenvalue weighted by atomic mass is 10.1. The Labute approximate surface area is 142 Å². The number of benzene rings is 1. The van der Waals surface area contributed by atoms with Gasteiger partial charge in [0.15, 0.2) is 11.5 Å². The van der Waals surface area contributed by atoms with E-state index in [9.17, 15) is 13.2 Å². The van der Waals surface area contributed by atoms with Crippen molar-refractivity contribution in [3.05, 3.63) is 40.6 Å². The van der Waals surface area contributed by atoms with E-state index in [1.807, 2.05) is 0 Å². The summed E-state index contributed by atoms with van der Waals surface area (Å²) in [4.78, 5) is 11.0. The standard InChI is InChI=1S/C15H15NO6S2/c17-14(18)8-11(10-4-7-23-9-10)16-24(19,20)13-3-1-2-12-15(13)22-6-5-21-12/h1-4,7,9,11,16H,5-6,8H2,(H,17,18). The topological polar surface area (TPSA) is 102 Å². The fourth-order valence-electron chi connectivity index (χ4n) is 2.38. The number of sulfonamides is 1. The molecule has 0 fully saturated rings. The number of para-hydroxylation sites is 1. The molecule has 0 saturated heterocycles. The van der Waals surface area contributed by atoms with E-state index in [0.29, 0.717) is 17.9 Å². The van der Waals surface area contributed by atoms with Crippen LogP contribution in [-0.2, 0) is 14.8 Å². The third kappa shape index (κ3) is 3.53. The maximum atomic E-state index is 12.8. The third-order valence-corrected chi connectivity index (χ3v) is 5.64. The molecular formula is C15H15NO6S2. The molecule has 2 aromatic rings. The fourth-order valence-corrected chi connectivity index (χ4v) is 4.48. The largest absolute Gasteiger partial charge is 0.486 e. The third-order valence-electron chi connectivity index (χ3n) is 3.44. The van der Waals surface area contributed by atoms with Crippen LogP contribution < -0.4 is 14.2 Å². The van der Waals surface area contributed by atoms with Crippen LogP contribution in [-0.4, -0.2) is 32.7 Å². The molecular weight excluding hydrogens is 354 g/mol. The van der Waals surface area contributed by atoms with Gasteiger partial charge < -0.3 is 14.6 Å². The number of fused-ring (bicyclic) bond motifs is 1. The smallest absolute Gasteiger partial charge is 0.305 e. The van der Waals surface area contributed by atoms with Gasteiger partial charge in [0.05, 0.1) is 12.5 Å². The van der Waals surface area contributed by atoms with Crippen molar-refractivity contribution in [1.29, 1.82) is 0 Å². The van der Waals surface area contributed by atoms with E-state index in [4.69, 9.17) is 14.6 Å². The highest BCUT2D eigenvalue weighted by atomic mass is 32.2. The number of aliphatic carboxylic acids is 1. The van der Waals surface area contributed by atoms with Crippen LogP contribution in [0.4, 0.5) is 0 Å². The van der Waals surface area contributed by atoms with Gasteiger partial charge in [0.25, 0.3) is 0 Å². The summed E-state index contributed by atoms with van der Waals surface area (Å²) < 4.78 is 38.8. The van der Waals surface area contributed by atoms with E-state index in [2.05, 4.69) is 4.72 Å². The van der Waals surface area contributed by atoms with Crippen molar-refractivity contribution >= 4 is 27.3 Å². The van der Waals surface area contributed by atoms with Gasteiger partial charge in [-0.1, -0.05) is 6.07 Å². The zero-order chi connectivity index (χ0) is 17.2. The minimum Gasteiger partial charge on any atom is -0.486 e. The summed E-state index contributed by atoms with van der Waals surface area (Å²) in [7, 11) is -3.99. The Morgan fingerprint density at radius 1 is 1.29 bits per heavy atom. The van der Waals surface area contributed by atoms with E-state index in [1.54, 1.807) is 29.0 Å². The summed E-state index contributed by atoms with van der Waals surface area (Å²) in [5.41, 5.74) is 0.605. The van der Waals surface area contributed by atoms with Crippen LogP contribution in [0.1, 0.15) is 18.0 Å². The van der Waals surface area contributed by atoms with Crippen molar-refractivity contribution in [3.8, 4) is 11.5 Å². The molecule has 9 heteroatoms. The number of hydrogen-bond acceptors (Lipinski definition) is 6. The summed E-state index contributed by atoms with van der Waals surface area (Å²) in [6.07, 6.45) is -0.359. The quantitative estimate of drug-likeness (QED) is 0.808. The summed E-state index contributed by atoms with van der Waals surface area (Å²) in [6, 6.07) is 5.42. The molecule has 1 aliphatic rings. The molecule has 1 atom stereocenters. The molecule has 0 aliphatic carbocycles. The van der Waals surface area contributed by atoms with E-state index in [1.165, 1.54) is 17.4 Å². The van der Waals surface area contributed by atoms with Crippen LogP contribution in [0.5, 0.6) is 11.5 Å². The predicted molar refractivity (Wildman–Crippen MR) is 87.1 cm³/mol. The summed E-state index contributed by atoms with van der Waals surface area (Å²) in [5.74, 6) is -0.589. The van der Waals surface area contributed by atoms with Crippen LogP contribution in [0.2, 0.25) is 0 Å². The second kappa shape index (κ2) is 6.80. The van der Waals surface area contributed by atoms with Crippen molar-refractivity contribution in [1.82, 2.24) is 4.72 Å². The zero-order valence-electron chi connectivity index (χ0n) is 12.5. The molecule has 24 heavy (non-hydrogen) atoms. The van der Waals surface area contributed by atoms with Crippen LogP contribution >= 0.6 is 11.3 Å². The van der Waals surface area contributed by atoms with Crippen LogP contribution in [0, 0.1) is 0 Å². The number of nitrogens with one attached hydrogen (secondary N) is 1. The van der Waals surface area contributed by atoms with Gasteiger partial charge in [0.1, 0.15) is 18.1 Å². The van der Waals surface area contributed by atoms with Gasteiger partial charge in [-0.15, -0.1) is 0 Å². The minimum atomic E-state index is -3.99. The van der Waals surface area contributed by atoms with Crippen LogP contribution in [0.15, 0.2) is 39.9 Å². The number of hydrogen-bond donors (Lipinski definition) is 2. The Hall–Kier alpha value is -2.10. The average Bonchev–Trinajstić information content (AvgIpc) is 3.07. The van der Waals surface area contributed by atoms with Crippen LogP contribution in [0.25, 0.3) is 0 Å². The van der Waals surface area contributed by atoms with Gasteiger partial charge in [-0.2, -0.15) is 11.3 Å². The molecule has 128 valence electrons. The highest BCUT2D eigenvalue weighted by Crippen LogP contribution is 2.37. The Morgan fingerprint density at radius 2 is 2.08 bits per heavy atom. The van der Waals surface area contributed by atoms with Gasteiger partial charge in [0.2, 0.25) is 10.0 Å². The lowest BCUT2D eigenvalue weighted by molar-refractivity contribution is -0.137. The minimum absolute atomic E-state index is 0.0645. The molecule has 1 aliphatic heterocycles. The molecule has 2 N–H and O–H groups in total. The van der Waals surface area contributed by atoms with Gasteiger partial charge >= 0.3 is 5.97 Å². The molecule has 0 amide bonds. The Balaban J connectivity index is 1.94. The highest BCUT2D eigenvalue weighted by Gasteiger charge is 2.29. The molecule has 7 nitrogen and oxygen atoms in total. The SMILES string of the molecule is O=C(O)CC(NS(=O)(=O)c1cccc2c1OCCO2)c1ccsc1. The number of carboxylic acid groups (broad SMARTS) is 1. The fraction of sp³-hybridized carbons (Fsp3) is 0.267. The first-order valence-corrected chi connectivity index (χ1v) is 9.55. The number of carboxylic acids is 1. The maximum Gasteiger partial charge on any atom is 0.305 e. The van der Waals surface area contributed by atoms with Crippen molar-refractivity contribution in [3.63, 3.8) is 0 Å². The molecule has 0 saturated carbocycles. The van der Waals surface area contributed by atoms with Gasteiger partial charge in [-0.3, -0.25) is 4.79 Å². The Kier molecular flexibility index (Phi) is 4.74. The Morgan fingerprint density at radius 3 is 2.79 bits per heavy atom. The van der Waals surface area contributed by atoms with Gasteiger partial charge in [-0.25, -0.2) is 13.1 Å². The normalized spacial score (nSPS) is 15.0. The van der Waals surface area contributed by atoms with Crippen molar-refractivity contribution in [2.75, 3.05) is 13.2 Å². The highest BCUT2D eigenvalue weighted by molar-refractivity contribution is 7.89. The molecule has 0 radical (unpaired) electrons. The lowest BCUT2D eigenvalue weighted by Gasteiger charge is -2.22. The zero-order valence-corrected chi connectivity index (χ0v) is 14.1. The molecule has 2 heterocycles. The van der Waals surface area contributed by atoms with Crippen LogP contribution in [0.3, 0.4) is 0 Å². The summed E-state index contributed by atoms with van der Waals surface area (Å²) >= 11 is 1.37. The molecule has 1 aromatic carbocycles. The summed E-state index contributed by atoms with van der Waals surface area (Å²) in [5, 5.41) is 12.5. The number of rotatable bonds is 6. The van der Waals surface area contributed by atoms with Gasteiger partial charge in [0, 0.05) is 0 Å². The van der Waals surface area contributed by atoms with Gasteiger partial charge in [-0.05, 0) is 34.5 Å². The molecule has 0 spiro atoms. The average molecular weight is 369 g/mol. The van der Waals surface area contributed by atoms with E-state index < -0.39 is 22.0 Å². The predicted octanol–water partition coefficient (Wildman–Crippen LogP) is 2.01. The van der Waals surface area contributed by atoms with Crippen molar-refractivity contribution in [2.24, 2.45) is 0 Å².